The molecule has 1 aromatic carbocycles. The van der Waals surface area contributed by atoms with Gasteiger partial charge >= 0.3 is 0 Å². The Labute approximate surface area is 118 Å². The molecule has 1 aromatic heterocycles. The van der Waals surface area contributed by atoms with E-state index in [2.05, 4.69) is 0 Å². The Balaban J connectivity index is 2.30. The molecule has 0 N–H and O–H groups in total. The van der Waals surface area contributed by atoms with Crippen LogP contribution < -0.4 is 0 Å². The van der Waals surface area contributed by atoms with Crippen molar-refractivity contribution < 1.29 is 12.8 Å². The number of aryl methyl sites for hydroxylation is 1. The first-order valence-electron chi connectivity index (χ1n) is 5.94. The molecule has 0 fully saturated rings. The van der Waals surface area contributed by atoms with Crippen LogP contribution in [0.4, 0.5) is 0 Å². The van der Waals surface area contributed by atoms with Crippen LogP contribution in [0.25, 0.3) is 0 Å². The number of hydrogen-bond acceptors (Lipinski definition) is 4. The van der Waals surface area contributed by atoms with Crippen LogP contribution >= 0.6 is 0 Å². The van der Waals surface area contributed by atoms with E-state index in [4.69, 9.17) is 9.68 Å². The number of furan rings is 1. The normalized spacial score (nSPS) is 11.5. The van der Waals surface area contributed by atoms with Gasteiger partial charge in [-0.2, -0.15) is 9.57 Å². The summed E-state index contributed by atoms with van der Waals surface area (Å²) in [5.74, 6) is 0.692. The van der Waals surface area contributed by atoms with E-state index in [-0.39, 0.29) is 11.4 Å². The SMILES string of the molecule is Cc1occc1CN(C)S(=O)(=O)c1cccc(C#N)c1. The van der Waals surface area contributed by atoms with Gasteiger partial charge in [0.1, 0.15) is 5.76 Å². The maximum atomic E-state index is 12.4. The summed E-state index contributed by atoms with van der Waals surface area (Å²) in [7, 11) is -2.12. The summed E-state index contributed by atoms with van der Waals surface area (Å²) >= 11 is 0. The highest BCUT2D eigenvalue weighted by atomic mass is 32.2. The van der Waals surface area contributed by atoms with Gasteiger partial charge in [0.2, 0.25) is 10.0 Å². The van der Waals surface area contributed by atoms with Gasteiger partial charge in [0.25, 0.3) is 0 Å². The van der Waals surface area contributed by atoms with E-state index in [0.717, 1.165) is 5.56 Å². The van der Waals surface area contributed by atoms with E-state index >= 15 is 0 Å². The summed E-state index contributed by atoms with van der Waals surface area (Å²) in [6.45, 7) is 2.01. The molecule has 0 amide bonds. The fraction of sp³-hybridized carbons (Fsp3) is 0.214. The molecule has 0 saturated carbocycles. The molecule has 0 bridgehead atoms. The zero-order chi connectivity index (χ0) is 14.8. The molecule has 5 nitrogen and oxygen atoms in total. The second-order valence-corrected chi connectivity index (χ2v) is 6.45. The average molecular weight is 290 g/mol. The van der Waals surface area contributed by atoms with Gasteiger partial charge in [-0.25, -0.2) is 8.42 Å². The number of hydrogen-bond donors (Lipinski definition) is 0. The third-order valence-electron chi connectivity index (χ3n) is 3.03. The van der Waals surface area contributed by atoms with Gasteiger partial charge in [-0.05, 0) is 31.2 Å². The zero-order valence-electron chi connectivity index (χ0n) is 11.2. The molecule has 20 heavy (non-hydrogen) atoms. The van der Waals surface area contributed by atoms with Crippen LogP contribution in [0.3, 0.4) is 0 Å². The molecule has 2 aromatic rings. The second-order valence-electron chi connectivity index (χ2n) is 4.40. The molecular formula is C14H14N2O3S. The van der Waals surface area contributed by atoms with Crippen LogP contribution in [0.5, 0.6) is 0 Å². The Morgan fingerprint density at radius 2 is 2.10 bits per heavy atom. The van der Waals surface area contributed by atoms with Gasteiger partial charge in [0.15, 0.2) is 0 Å². The van der Waals surface area contributed by atoms with E-state index in [1.165, 1.54) is 29.7 Å². The maximum absolute atomic E-state index is 12.4. The smallest absolute Gasteiger partial charge is 0.243 e. The summed E-state index contributed by atoms with van der Waals surface area (Å²) in [6, 6.07) is 9.65. The van der Waals surface area contributed by atoms with Gasteiger partial charge in [-0.15, -0.1) is 0 Å². The summed E-state index contributed by atoms with van der Waals surface area (Å²) < 4.78 is 31.2. The quantitative estimate of drug-likeness (QED) is 0.865. The first-order chi connectivity index (χ1) is 9.45. The molecule has 0 spiro atoms. The molecule has 6 heteroatoms. The maximum Gasteiger partial charge on any atom is 0.243 e. The molecular weight excluding hydrogens is 276 g/mol. The van der Waals surface area contributed by atoms with Crippen molar-refractivity contribution in [2.45, 2.75) is 18.4 Å². The fourth-order valence-electron chi connectivity index (χ4n) is 1.81. The minimum atomic E-state index is -3.62. The number of rotatable bonds is 4. The molecule has 0 aliphatic carbocycles. The monoisotopic (exact) mass is 290 g/mol. The van der Waals surface area contributed by atoms with Crippen molar-refractivity contribution >= 4 is 10.0 Å². The third-order valence-corrected chi connectivity index (χ3v) is 4.83. The van der Waals surface area contributed by atoms with Crippen molar-refractivity contribution in [2.24, 2.45) is 0 Å². The second kappa shape index (κ2) is 5.49. The van der Waals surface area contributed by atoms with E-state index < -0.39 is 10.0 Å². The molecule has 0 aliphatic heterocycles. The topological polar surface area (TPSA) is 74.3 Å². The van der Waals surface area contributed by atoms with Crippen molar-refractivity contribution in [3.63, 3.8) is 0 Å². The van der Waals surface area contributed by atoms with Crippen molar-refractivity contribution in [3.05, 3.63) is 53.5 Å². The Bertz CT molecular complexity index is 757. The lowest BCUT2D eigenvalue weighted by Gasteiger charge is -2.16. The van der Waals surface area contributed by atoms with Crippen LogP contribution in [-0.4, -0.2) is 19.8 Å². The van der Waals surface area contributed by atoms with Crippen molar-refractivity contribution in [3.8, 4) is 6.07 Å². The van der Waals surface area contributed by atoms with Crippen LogP contribution in [0, 0.1) is 18.3 Å². The third kappa shape index (κ3) is 2.74. The number of nitriles is 1. The summed E-state index contributed by atoms with van der Waals surface area (Å²) in [4.78, 5) is 0.111. The predicted molar refractivity (Wildman–Crippen MR) is 73.3 cm³/mol. The molecule has 1 heterocycles. The molecule has 0 radical (unpaired) electrons. The van der Waals surface area contributed by atoms with Crippen LogP contribution in [-0.2, 0) is 16.6 Å². The minimum Gasteiger partial charge on any atom is -0.469 e. The summed E-state index contributed by atoms with van der Waals surface area (Å²) in [5, 5.41) is 8.84. The highest BCUT2D eigenvalue weighted by Crippen LogP contribution is 2.19. The zero-order valence-corrected chi connectivity index (χ0v) is 12.0. The molecule has 0 saturated heterocycles. The number of nitrogens with zero attached hydrogens (tertiary/aromatic N) is 2. The average Bonchev–Trinajstić information content (AvgIpc) is 2.84. The Hall–Kier alpha value is -2.10. The molecule has 0 aliphatic rings. The lowest BCUT2D eigenvalue weighted by atomic mass is 10.2. The van der Waals surface area contributed by atoms with Gasteiger partial charge in [-0.3, -0.25) is 0 Å². The summed E-state index contributed by atoms with van der Waals surface area (Å²) in [6.07, 6.45) is 1.53. The molecule has 0 unspecified atom stereocenters. The standard InChI is InChI=1S/C14H14N2O3S/c1-11-13(6-7-19-11)10-16(2)20(17,18)14-5-3-4-12(8-14)9-15/h3-8H,10H2,1-2H3. The van der Waals surface area contributed by atoms with Gasteiger partial charge < -0.3 is 4.42 Å². The highest BCUT2D eigenvalue weighted by molar-refractivity contribution is 7.89. The van der Waals surface area contributed by atoms with Crippen molar-refractivity contribution in [1.82, 2.24) is 4.31 Å². The van der Waals surface area contributed by atoms with Crippen LogP contribution in [0.1, 0.15) is 16.9 Å². The first kappa shape index (κ1) is 14.3. The molecule has 104 valence electrons. The Morgan fingerprint density at radius 3 is 2.70 bits per heavy atom. The predicted octanol–water partition coefficient (Wildman–Crippen LogP) is 2.28. The fourth-order valence-corrected chi connectivity index (χ4v) is 3.00. The van der Waals surface area contributed by atoms with Crippen molar-refractivity contribution in [1.29, 1.82) is 5.26 Å². The number of sulfonamides is 1. The number of benzene rings is 1. The highest BCUT2D eigenvalue weighted by Gasteiger charge is 2.22. The minimum absolute atomic E-state index is 0.111. The van der Waals surface area contributed by atoms with E-state index in [1.807, 2.05) is 6.07 Å². The van der Waals surface area contributed by atoms with Gasteiger partial charge in [0, 0.05) is 19.2 Å². The lowest BCUT2D eigenvalue weighted by molar-refractivity contribution is 0.459. The van der Waals surface area contributed by atoms with E-state index in [0.29, 0.717) is 11.3 Å². The van der Waals surface area contributed by atoms with Crippen LogP contribution in [0.15, 0.2) is 45.9 Å². The van der Waals surface area contributed by atoms with Crippen LogP contribution in [0.2, 0.25) is 0 Å². The van der Waals surface area contributed by atoms with E-state index in [1.54, 1.807) is 25.1 Å². The van der Waals surface area contributed by atoms with Crippen molar-refractivity contribution in [2.75, 3.05) is 7.05 Å². The summed E-state index contributed by atoms with van der Waals surface area (Å²) in [5.41, 5.74) is 1.13. The molecule has 0 atom stereocenters. The lowest BCUT2D eigenvalue weighted by Crippen LogP contribution is -2.26. The van der Waals surface area contributed by atoms with Gasteiger partial charge in [0.05, 0.1) is 22.8 Å². The van der Waals surface area contributed by atoms with E-state index in [9.17, 15) is 8.42 Å². The first-order valence-corrected chi connectivity index (χ1v) is 7.38. The Morgan fingerprint density at radius 1 is 1.35 bits per heavy atom. The van der Waals surface area contributed by atoms with Gasteiger partial charge in [-0.1, -0.05) is 6.07 Å². The Kier molecular flexibility index (Phi) is 3.93. The molecule has 2 rings (SSSR count). The largest absolute Gasteiger partial charge is 0.469 e.